The minimum atomic E-state index is -0.776. The zero-order valence-electron chi connectivity index (χ0n) is 9.73. The third kappa shape index (κ3) is 3.16. The van der Waals surface area contributed by atoms with Crippen molar-refractivity contribution in [3.05, 3.63) is 0 Å². The average molecular weight is 217 g/mol. The van der Waals surface area contributed by atoms with Crippen molar-refractivity contribution in [3.63, 3.8) is 0 Å². The van der Waals surface area contributed by atoms with Gasteiger partial charge in [0.1, 0.15) is 11.1 Å². The smallest absolute Gasteiger partial charge is 0.326 e. The van der Waals surface area contributed by atoms with Crippen LogP contribution in [0.1, 0.15) is 40.0 Å². The average Bonchev–Trinajstić information content (AvgIpc) is 2.51. The summed E-state index contributed by atoms with van der Waals surface area (Å²) in [6.07, 6.45) is 1.78. The first-order chi connectivity index (χ1) is 6.90. The lowest BCUT2D eigenvalue weighted by Crippen LogP contribution is -2.51. The number of hydrogen-bond acceptors (Lipinski definition) is 3. The topological polar surface area (TPSA) is 38.3 Å². The van der Waals surface area contributed by atoms with Crippen molar-refractivity contribution in [2.45, 2.75) is 51.2 Å². The summed E-state index contributed by atoms with van der Waals surface area (Å²) in [7, 11) is 0. The molecule has 0 bridgehead atoms. The number of ether oxygens (including phenoxy) is 1. The molecule has 88 valence electrons. The van der Waals surface area contributed by atoms with Crippen LogP contribution >= 0.6 is 0 Å². The minimum absolute atomic E-state index is 0.210. The highest BCUT2D eigenvalue weighted by molar-refractivity contribution is 5.81. The van der Waals surface area contributed by atoms with Crippen LogP contribution < -0.4 is 5.32 Å². The number of halogens is 1. The molecule has 0 aromatic heterocycles. The molecule has 1 saturated heterocycles. The van der Waals surface area contributed by atoms with E-state index >= 15 is 0 Å². The SMILES string of the molecule is CC(C)(C)OC(=O)C1(CCF)CCCN1. The third-order valence-electron chi connectivity index (χ3n) is 2.55. The number of esters is 1. The molecule has 1 aliphatic rings. The molecule has 0 amide bonds. The predicted octanol–water partition coefficient (Wildman–Crippen LogP) is 1.81. The van der Waals surface area contributed by atoms with Gasteiger partial charge in [0.2, 0.25) is 0 Å². The van der Waals surface area contributed by atoms with Gasteiger partial charge >= 0.3 is 5.97 Å². The van der Waals surface area contributed by atoms with E-state index in [0.29, 0.717) is 6.42 Å². The molecule has 3 nitrogen and oxygen atoms in total. The highest BCUT2D eigenvalue weighted by Crippen LogP contribution is 2.27. The Morgan fingerprint density at radius 3 is 2.60 bits per heavy atom. The van der Waals surface area contributed by atoms with E-state index in [2.05, 4.69) is 5.32 Å². The van der Waals surface area contributed by atoms with Gasteiger partial charge in [0, 0.05) is 6.42 Å². The van der Waals surface area contributed by atoms with E-state index in [1.165, 1.54) is 0 Å². The van der Waals surface area contributed by atoms with Gasteiger partial charge in [0.25, 0.3) is 0 Å². The largest absolute Gasteiger partial charge is 0.459 e. The molecule has 1 N–H and O–H groups in total. The van der Waals surface area contributed by atoms with E-state index in [9.17, 15) is 9.18 Å². The maximum Gasteiger partial charge on any atom is 0.326 e. The lowest BCUT2D eigenvalue weighted by Gasteiger charge is -2.30. The fourth-order valence-electron chi connectivity index (χ4n) is 1.83. The van der Waals surface area contributed by atoms with Gasteiger partial charge in [-0.15, -0.1) is 0 Å². The second-order valence-electron chi connectivity index (χ2n) is 5.05. The van der Waals surface area contributed by atoms with Gasteiger partial charge in [-0.3, -0.25) is 9.18 Å². The Kier molecular flexibility index (Phi) is 3.71. The lowest BCUT2D eigenvalue weighted by atomic mass is 9.94. The highest BCUT2D eigenvalue weighted by atomic mass is 19.1. The van der Waals surface area contributed by atoms with E-state index in [1.807, 2.05) is 20.8 Å². The van der Waals surface area contributed by atoms with Crippen LogP contribution in [-0.4, -0.2) is 30.3 Å². The summed E-state index contributed by atoms with van der Waals surface area (Å²) in [5.41, 5.74) is -1.29. The fraction of sp³-hybridized carbons (Fsp3) is 0.909. The second-order valence-corrected chi connectivity index (χ2v) is 5.05. The summed E-state index contributed by atoms with van der Waals surface area (Å²) in [4.78, 5) is 11.9. The van der Waals surface area contributed by atoms with E-state index in [-0.39, 0.29) is 12.4 Å². The zero-order chi connectivity index (χ0) is 11.5. The number of carbonyl (C=O) groups is 1. The third-order valence-corrected chi connectivity index (χ3v) is 2.55. The maximum absolute atomic E-state index is 12.4. The molecule has 0 saturated carbocycles. The molecular weight excluding hydrogens is 197 g/mol. The Morgan fingerprint density at radius 1 is 1.53 bits per heavy atom. The van der Waals surface area contributed by atoms with E-state index in [0.717, 1.165) is 13.0 Å². The van der Waals surface area contributed by atoms with Crippen molar-refractivity contribution in [2.24, 2.45) is 0 Å². The van der Waals surface area contributed by atoms with Crippen molar-refractivity contribution in [3.8, 4) is 0 Å². The number of rotatable bonds is 3. The maximum atomic E-state index is 12.4. The second kappa shape index (κ2) is 4.47. The first-order valence-corrected chi connectivity index (χ1v) is 5.44. The molecule has 4 heteroatoms. The molecule has 0 aromatic rings. The molecule has 0 spiro atoms. The number of hydrogen-bond donors (Lipinski definition) is 1. The summed E-state index contributed by atoms with van der Waals surface area (Å²) in [6, 6.07) is 0. The Bertz CT molecular complexity index is 229. The molecule has 1 heterocycles. The number of carbonyl (C=O) groups excluding carboxylic acids is 1. The zero-order valence-corrected chi connectivity index (χ0v) is 9.73. The van der Waals surface area contributed by atoms with Crippen LogP contribution in [0.25, 0.3) is 0 Å². The summed E-state index contributed by atoms with van der Waals surface area (Å²) < 4.78 is 17.7. The Balaban J connectivity index is 2.68. The van der Waals surface area contributed by atoms with Crippen LogP contribution in [0.4, 0.5) is 4.39 Å². The summed E-state index contributed by atoms with van der Waals surface area (Å²) in [6.45, 7) is 5.74. The van der Waals surface area contributed by atoms with Gasteiger partial charge in [0.05, 0.1) is 6.67 Å². The first-order valence-electron chi connectivity index (χ1n) is 5.44. The Morgan fingerprint density at radius 2 is 2.20 bits per heavy atom. The molecule has 1 aliphatic heterocycles. The Labute approximate surface area is 90.4 Å². The van der Waals surface area contributed by atoms with E-state index < -0.39 is 17.8 Å². The molecular formula is C11H20FNO2. The van der Waals surface area contributed by atoms with Gasteiger partial charge < -0.3 is 10.1 Å². The van der Waals surface area contributed by atoms with Crippen molar-refractivity contribution in [1.82, 2.24) is 5.32 Å². The van der Waals surface area contributed by atoms with Crippen LogP contribution in [0.15, 0.2) is 0 Å². The van der Waals surface area contributed by atoms with Gasteiger partial charge in [-0.1, -0.05) is 0 Å². The number of alkyl halides is 1. The normalized spacial score (nSPS) is 26.7. The van der Waals surface area contributed by atoms with Crippen LogP contribution in [0.3, 0.4) is 0 Å². The molecule has 0 aromatic carbocycles. The van der Waals surface area contributed by atoms with Crippen molar-refractivity contribution in [1.29, 1.82) is 0 Å². The molecule has 0 aliphatic carbocycles. The Hall–Kier alpha value is -0.640. The minimum Gasteiger partial charge on any atom is -0.459 e. The highest BCUT2D eigenvalue weighted by Gasteiger charge is 2.43. The molecule has 0 radical (unpaired) electrons. The quantitative estimate of drug-likeness (QED) is 0.733. The molecule has 1 atom stereocenters. The van der Waals surface area contributed by atoms with Crippen LogP contribution in [0.2, 0.25) is 0 Å². The molecule has 15 heavy (non-hydrogen) atoms. The van der Waals surface area contributed by atoms with Gasteiger partial charge in [-0.05, 0) is 40.2 Å². The predicted molar refractivity (Wildman–Crippen MR) is 56.4 cm³/mol. The fourth-order valence-corrected chi connectivity index (χ4v) is 1.83. The van der Waals surface area contributed by atoms with Crippen molar-refractivity contribution >= 4 is 5.97 Å². The van der Waals surface area contributed by atoms with Crippen LogP contribution in [0.5, 0.6) is 0 Å². The van der Waals surface area contributed by atoms with E-state index in [1.54, 1.807) is 0 Å². The number of nitrogens with one attached hydrogen (secondary N) is 1. The van der Waals surface area contributed by atoms with Gasteiger partial charge in [-0.25, -0.2) is 0 Å². The van der Waals surface area contributed by atoms with Crippen molar-refractivity contribution < 1.29 is 13.9 Å². The van der Waals surface area contributed by atoms with Crippen LogP contribution in [-0.2, 0) is 9.53 Å². The van der Waals surface area contributed by atoms with Crippen molar-refractivity contribution in [2.75, 3.05) is 13.2 Å². The van der Waals surface area contributed by atoms with Gasteiger partial charge in [-0.2, -0.15) is 0 Å². The van der Waals surface area contributed by atoms with Gasteiger partial charge in [0.15, 0.2) is 0 Å². The monoisotopic (exact) mass is 217 g/mol. The molecule has 1 fully saturated rings. The standard InChI is InChI=1S/C11H20FNO2/c1-10(2,3)15-9(14)11(6-7-12)5-4-8-13-11/h13H,4-8H2,1-3H3. The first kappa shape index (κ1) is 12.4. The molecule has 1 rings (SSSR count). The van der Waals surface area contributed by atoms with E-state index in [4.69, 9.17) is 4.74 Å². The lowest BCUT2D eigenvalue weighted by molar-refractivity contribution is -0.163. The summed E-state index contributed by atoms with van der Waals surface area (Å²) >= 11 is 0. The van der Waals surface area contributed by atoms with Crippen LogP contribution in [0, 0.1) is 0 Å². The molecule has 1 unspecified atom stereocenters. The summed E-state index contributed by atoms with van der Waals surface area (Å²) in [5.74, 6) is -0.315. The summed E-state index contributed by atoms with van der Waals surface area (Å²) in [5, 5.41) is 3.08.